The van der Waals surface area contributed by atoms with Gasteiger partial charge < -0.3 is 20.4 Å². The van der Waals surface area contributed by atoms with Crippen LogP contribution in [0, 0.1) is 0 Å². The van der Waals surface area contributed by atoms with Gasteiger partial charge in [0.05, 0.1) is 6.26 Å². The lowest BCUT2D eigenvalue weighted by Crippen LogP contribution is -2.43. The summed E-state index contributed by atoms with van der Waals surface area (Å²) in [6.45, 7) is 5.16. The summed E-state index contributed by atoms with van der Waals surface area (Å²) in [6.07, 6.45) is 1.47. The zero-order valence-corrected chi connectivity index (χ0v) is 11.0. The van der Waals surface area contributed by atoms with E-state index in [2.05, 4.69) is 20.9 Å². The van der Waals surface area contributed by atoms with Gasteiger partial charge in [-0.25, -0.2) is 0 Å². The van der Waals surface area contributed by atoms with Crippen LogP contribution >= 0.6 is 0 Å². The van der Waals surface area contributed by atoms with E-state index in [0.717, 1.165) is 5.96 Å². The van der Waals surface area contributed by atoms with Crippen molar-refractivity contribution in [2.75, 3.05) is 20.1 Å². The summed E-state index contributed by atoms with van der Waals surface area (Å²) in [6, 6.07) is 3.62. The predicted octanol–water partition coefficient (Wildman–Crippen LogP) is 0.583. The Bertz CT molecular complexity index is 385. The second-order valence-corrected chi connectivity index (χ2v) is 4.03. The van der Waals surface area contributed by atoms with Crippen LogP contribution in [0.25, 0.3) is 0 Å². The molecule has 6 heteroatoms. The summed E-state index contributed by atoms with van der Waals surface area (Å²) in [4.78, 5) is 15.6. The van der Waals surface area contributed by atoms with E-state index < -0.39 is 0 Å². The van der Waals surface area contributed by atoms with Crippen LogP contribution in [0.5, 0.6) is 0 Å². The van der Waals surface area contributed by atoms with E-state index in [1.165, 1.54) is 6.26 Å². The third-order valence-electron chi connectivity index (χ3n) is 2.10. The van der Waals surface area contributed by atoms with Crippen LogP contribution in [0.3, 0.4) is 0 Å². The molecule has 3 N–H and O–H groups in total. The summed E-state index contributed by atoms with van der Waals surface area (Å²) in [7, 11) is 1.71. The zero-order valence-electron chi connectivity index (χ0n) is 11.0. The molecule has 1 heterocycles. The normalized spacial score (nSPS) is 11.4. The summed E-state index contributed by atoms with van der Waals surface area (Å²) in [5, 5.41) is 8.99. The Labute approximate surface area is 107 Å². The molecule has 0 aliphatic carbocycles. The smallest absolute Gasteiger partial charge is 0.287 e. The molecule has 0 bridgehead atoms. The fourth-order valence-corrected chi connectivity index (χ4v) is 1.32. The van der Waals surface area contributed by atoms with Gasteiger partial charge in [0.15, 0.2) is 11.7 Å². The number of guanidine groups is 1. The van der Waals surface area contributed by atoms with E-state index in [1.807, 2.05) is 13.8 Å². The van der Waals surface area contributed by atoms with Gasteiger partial charge in [-0.15, -0.1) is 0 Å². The molecule has 0 aliphatic heterocycles. The summed E-state index contributed by atoms with van der Waals surface area (Å²) < 4.78 is 4.98. The predicted molar refractivity (Wildman–Crippen MR) is 70.7 cm³/mol. The van der Waals surface area contributed by atoms with Crippen LogP contribution in [0.2, 0.25) is 0 Å². The van der Waals surface area contributed by atoms with E-state index in [-0.39, 0.29) is 5.91 Å². The number of aliphatic imine (C=N–C) groups is 1. The standard InChI is InChI=1S/C12H20N4O2/c1-9(2)16-12(13-3)15-7-6-14-11(17)10-5-4-8-18-10/h4-5,8-9H,6-7H2,1-3H3,(H,14,17)(H2,13,15,16). The molecule has 0 unspecified atom stereocenters. The monoisotopic (exact) mass is 252 g/mol. The van der Waals surface area contributed by atoms with Gasteiger partial charge in [0.1, 0.15) is 0 Å². The van der Waals surface area contributed by atoms with Gasteiger partial charge in [-0.3, -0.25) is 9.79 Å². The van der Waals surface area contributed by atoms with E-state index in [9.17, 15) is 4.79 Å². The molecule has 0 aromatic carbocycles. The molecule has 1 amide bonds. The first-order valence-electron chi connectivity index (χ1n) is 5.92. The summed E-state index contributed by atoms with van der Waals surface area (Å²) >= 11 is 0. The molecule has 1 aromatic rings. The van der Waals surface area contributed by atoms with Crippen molar-refractivity contribution in [2.45, 2.75) is 19.9 Å². The van der Waals surface area contributed by atoms with Crippen LogP contribution in [0.4, 0.5) is 0 Å². The minimum absolute atomic E-state index is 0.214. The Morgan fingerprint density at radius 2 is 2.11 bits per heavy atom. The average molecular weight is 252 g/mol. The van der Waals surface area contributed by atoms with Crippen molar-refractivity contribution in [2.24, 2.45) is 4.99 Å². The SMILES string of the molecule is CN=C(NCCNC(=O)c1ccco1)NC(C)C. The van der Waals surface area contributed by atoms with Crippen molar-refractivity contribution in [3.63, 3.8) is 0 Å². The topological polar surface area (TPSA) is 78.7 Å². The fourth-order valence-electron chi connectivity index (χ4n) is 1.32. The lowest BCUT2D eigenvalue weighted by Gasteiger charge is -2.14. The van der Waals surface area contributed by atoms with E-state index in [0.29, 0.717) is 24.9 Å². The maximum atomic E-state index is 11.5. The first kappa shape index (κ1) is 14.1. The molecule has 1 aromatic heterocycles. The van der Waals surface area contributed by atoms with Crippen LogP contribution in [-0.2, 0) is 0 Å². The Morgan fingerprint density at radius 3 is 2.67 bits per heavy atom. The number of rotatable bonds is 5. The van der Waals surface area contributed by atoms with Crippen molar-refractivity contribution in [3.05, 3.63) is 24.2 Å². The third-order valence-corrected chi connectivity index (χ3v) is 2.10. The molecule has 100 valence electrons. The van der Waals surface area contributed by atoms with E-state index in [4.69, 9.17) is 4.42 Å². The molecule has 18 heavy (non-hydrogen) atoms. The molecule has 0 saturated carbocycles. The van der Waals surface area contributed by atoms with Crippen LogP contribution in [-0.4, -0.2) is 38.0 Å². The van der Waals surface area contributed by atoms with Crippen molar-refractivity contribution < 1.29 is 9.21 Å². The van der Waals surface area contributed by atoms with Crippen molar-refractivity contribution >= 4 is 11.9 Å². The molecule has 0 aliphatic rings. The van der Waals surface area contributed by atoms with Crippen LogP contribution in [0.1, 0.15) is 24.4 Å². The fraction of sp³-hybridized carbons (Fsp3) is 0.500. The number of hydrogen-bond donors (Lipinski definition) is 3. The molecule has 1 rings (SSSR count). The van der Waals surface area contributed by atoms with Crippen LogP contribution in [0.15, 0.2) is 27.8 Å². The Balaban J connectivity index is 2.20. The zero-order chi connectivity index (χ0) is 13.4. The van der Waals surface area contributed by atoms with Gasteiger partial charge in [0, 0.05) is 26.2 Å². The highest BCUT2D eigenvalue weighted by Gasteiger charge is 2.06. The first-order chi connectivity index (χ1) is 8.63. The number of nitrogens with zero attached hydrogens (tertiary/aromatic N) is 1. The summed E-state index contributed by atoms with van der Waals surface area (Å²) in [5.41, 5.74) is 0. The highest BCUT2D eigenvalue weighted by molar-refractivity contribution is 5.91. The van der Waals surface area contributed by atoms with Crippen molar-refractivity contribution in [3.8, 4) is 0 Å². The second-order valence-electron chi connectivity index (χ2n) is 4.03. The largest absolute Gasteiger partial charge is 0.459 e. The number of nitrogens with one attached hydrogen (secondary N) is 3. The minimum Gasteiger partial charge on any atom is -0.459 e. The molecular formula is C12H20N4O2. The number of carbonyl (C=O) groups excluding carboxylic acids is 1. The van der Waals surface area contributed by atoms with Gasteiger partial charge >= 0.3 is 0 Å². The number of hydrogen-bond acceptors (Lipinski definition) is 3. The number of amides is 1. The first-order valence-corrected chi connectivity index (χ1v) is 5.92. The van der Waals surface area contributed by atoms with E-state index >= 15 is 0 Å². The van der Waals surface area contributed by atoms with Gasteiger partial charge in [0.25, 0.3) is 5.91 Å². The molecule has 0 spiro atoms. The van der Waals surface area contributed by atoms with Gasteiger partial charge in [0.2, 0.25) is 0 Å². The molecule has 0 saturated heterocycles. The van der Waals surface area contributed by atoms with Crippen molar-refractivity contribution in [1.29, 1.82) is 0 Å². The Hall–Kier alpha value is -1.98. The maximum absolute atomic E-state index is 11.5. The number of carbonyl (C=O) groups is 1. The van der Waals surface area contributed by atoms with Gasteiger partial charge in [-0.1, -0.05) is 0 Å². The quantitative estimate of drug-likeness (QED) is 0.407. The summed E-state index contributed by atoms with van der Waals surface area (Å²) in [5.74, 6) is 0.825. The minimum atomic E-state index is -0.214. The molecule has 6 nitrogen and oxygen atoms in total. The Kier molecular flexibility index (Phi) is 5.76. The maximum Gasteiger partial charge on any atom is 0.287 e. The van der Waals surface area contributed by atoms with Gasteiger partial charge in [-0.05, 0) is 26.0 Å². The Morgan fingerprint density at radius 1 is 1.39 bits per heavy atom. The third kappa shape index (κ3) is 4.90. The second kappa shape index (κ2) is 7.37. The molecule has 0 fully saturated rings. The van der Waals surface area contributed by atoms with Crippen LogP contribution < -0.4 is 16.0 Å². The highest BCUT2D eigenvalue weighted by Crippen LogP contribution is 1.98. The molecule has 0 radical (unpaired) electrons. The van der Waals surface area contributed by atoms with E-state index in [1.54, 1.807) is 19.2 Å². The van der Waals surface area contributed by atoms with Crippen molar-refractivity contribution in [1.82, 2.24) is 16.0 Å². The number of furan rings is 1. The molecular weight excluding hydrogens is 232 g/mol. The molecule has 0 atom stereocenters. The average Bonchev–Trinajstić information content (AvgIpc) is 2.86. The lowest BCUT2D eigenvalue weighted by atomic mass is 10.4. The van der Waals surface area contributed by atoms with Gasteiger partial charge in [-0.2, -0.15) is 0 Å². The lowest BCUT2D eigenvalue weighted by molar-refractivity contribution is 0.0926. The highest BCUT2D eigenvalue weighted by atomic mass is 16.3.